The fourth-order valence-electron chi connectivity index (χ4n) is 3.56. The number of benzene rings is 1. The molecule has 0 radical (unpaired) electrons. The van der Waals surface area contributed by atoms with Gasteiger partial charge >= 0.3 is 6.03 Å². The van der Waals surface area contributed by atoms with E-state index in [0.717, 1.165) is 51.0 Å². The molecule has 2 amide bonds. The van der Waals surface area contributed by atoms with E-state index in [0.29, 0.717) is 24.5 Å². The minimum absolute atomic E-state index is 0.120. The number of morpholine rings is 1. The first-order valence-electron chi connectivity index (χ1n) is 9.83. The zero-order valence-electron chi connectivity index (χ0n) is 16.6. The van der Waals surface area contributed by atoms with Gasteiger partial charge in [-0.1, -0.05) is 12.1 Å². The van der Waals surface area contributed by atoms with E-state index in [4.69, 9.17) is 9.47 Å². The molecule has 0 aliphatic carbocycles. The average molecular weight is 398 g/mol. The van der Waals surface area contributed by atoms with Crippen molar-refractivity contribution >= 4 is 23.4 Å². The molecule has 0 saturated carbocycles. The number of carbonyl (C=O) groups is 1. The van der Waals surface area contributed by atoms with Crippen LogP contribution in [0.15, 0.2) is 36.7 Å². The number of hydrogen-bond acceptors (Lipinski definition) is 7. The van der Waals surface area contributed by atoms with E-state index in [2.05, 4.69) is 25.1 Å². The summed E-state index contributed by atoms with van der Waals surface area (Å²) in [6.07, 6.45) is 1.61. The smallest absolute Gasteiger partial charge is 0.322 e. The Morgan fingerprint density at radius 1 is 1.00 bits per heavy atom. The van der Waals surface area contributed by atoms with E-state index >= 15 is 0 Å². The largest absolute Gasteiger partial charge is 0.495 e. The van der Waals surface area contributed by atoms with E-state index in [9.17, 15) is 4.79 Å². The van der Waals surface area contributed by atoms with Crippen LogP contribution in [0.2, 0.25) is 0 Å². The summed E-state index contributed by atoms with van der Waals surface area (Å²) in [5, 5.41) is 2.94. The first-order valence-corrected chi connectivity index (χ1v) is 9.83. The normalized spacial score (nSPS) is 17.2. The highest BCUT2D eigenvalue weighted by Gasteiger charge is 2.23. The van der Waals surface area contributed by atoms with Gasteiger partial charge in [-0.05, 0) is 12.1 Å². The topological polar surface area (TPSA) is 83.1 Å². The van der Waals surface area contributed by atoms with Crippen LogP contribution < -0.4 is 19.9 Å². The zero-order valence-corrected chi connectivity index (χ0v) is 16.6. The number of piperazine rings is 1. The lowest BCUT2D eigenvalue weighted by Gasteiger charge is -2.36. The molecule has 0 atom stereocenters. The molecule has 1 aromatic carbocycles. The lowest BCUT2D eigenvalue weighted by atomic mass is 10.3. The van der Waals surface area contributed by atoms with E-state index in [1.807, 2.05) is 35.2 Å². The molecule has 2 aliphatic heterocycles. The molecular formula is C20H26N6O3. The molecular weight excluding hydrogens is 372 g/mol. The van der Waals surface area contributed by atoms with Crippen molar-refractivity contribution in [2.24, 2.45) is 0 Å². The van der Waals surface area contributed by atoms with Gasteiger partial charge in [0.2, 0.25) is 0 Å². The van der Waals surface area contributed by atoms with Gasteiger partial charge in [0.1, 0.15) is 23.7 Å². The molecule has 9 nitrogen and oxygen atoms in total. The predicted octanol–water partition coefficient (Wildman–Crippen LogP) is 1.68. The Kier molecular flexibility index (Phi) is 5.95. The second-order valence-electron chi connectivity index (χ2n) is 6.94. The second kappa shape index (κ2) is 8.95. The number of carbonyl (C=O) groups excluding carboxylic acids is 1. The van der Waals surface area contributed by atoms with Crippen molar-refractivity contribution in [3.8, 4) is 5.75 Å². The highest BCUT2D eigenvalue weighted by atomic mass is 16.5. The third-order valence-electron chi connectivity index (χ3n) is 5.21. The van der Waals surface area contributed by atoms with E-state index in [-0.39, 0.29) is 6.03 Å². The number of anilines is 3. The fourth-order valence-corrected chi connectivity index (χ4v) is 3.56. The number of hydrogen-bond donors (Lipinski definition) is 1. The summed E-state index contributed by atoms with van der Waals surface area (Å²) in [7, 11) is 1.59. The number of urea groups is 1. The number of rotatable bonds is 4. The Morgan fingerprint density at radius 3 is 2.34 bits per heavy atom. The Bertz CT molecular complexity index is 834. The van der Waals surface area contributed by atoms with Crippen LogP contribution in [0.5, 0.6) is 5.75 Å². The Morgan fingerprint density at radius 2 is 1.66 bits per heavy atom. The van der Waals surface area contributed by atoms with E-state index in [1.54, 1.807) is 13.4 Å². The van der Waals surface area contributed by atoms with Gasteiger partial charge in [0.05, 0.1) is 26.0 Å². The maximum absolute atomic E-state index is 12.6. The first kappa shape index (κ1) is 19.3. The van der Waals surface area contributed by atoms with Gasteiger partial charge < -0.3 is 29.5 Å². The SMILES string of the molecule is COc1ccccc1NC(=O)N1CCN(c2cc(N3CCOCC3)ncn2)CC1. The van der Waals surface area contributed by atoms with Gasteiger partial charge in [0.15, 0.2) is 0 Å². The molecule has 154 valence electrons. The fraction of sp³-hybridized carbons (Fsp3) is 0.450. The zero-order chi connectivity index (χ0) is 20.1. The minimum Gasteiger partial charge on any atom is -0.495 e. The Labute approximate surface area is 170 Å². The van der Waals surface area contributed by atoms with Crippen molar-refractivity contribution in [2.45, 2.75) is 0 Å². The quantitative estimate of drug-likeness (QED) is 0.839. The number of ether oxygens (including phenoxy) is 2. The average Bonchev–Trinajstić information content (AvgIpc) is 2.80. The van der Waals surface area contributed by atoms with Crippen LogP contribution in [0.4, 0.5) is 22.1 Å². The maximum Gasteiger partial charge on any atom is 0.322 e. The standard InChI is InChI=1S/C20H26N6O3/c1-28-17-5-3-2-4-16(17)23-20(27)26-8-6-24(7-9-26)18-14-19(22-15-21-18)25-10-12-29-13-11-25/h2-5,14-15H,6-13H2,1H3,(H,23,27). The molecule has 1 N–H and O–H groups in total. The van der Waals surface area contributed by atoms with Crippen molar-refractivity contribution in [3.05, 3.63) is 36.7 Å². The van der Waals surface area contributed by atoms with Crippen molar-refractivity contribution in [2.75, 3.05) is 74.7 Å². The number of nitrogens with one attached hydrogen (secondary N) is 1. The number of methoxy groups -OCH3 is 1. The van der Waals surface area contributed by atoms with Crippen molar-refractivity contribution in [1.82, 2.24) is 14.9 Å². The van der Waals surface area contributed by atoms with Gasteiger partial charge in [-0.2, -0.15) is 0 Å². The summed E-state index contributed by atoms with van der Waals surface area (Å²) >= 11 is 0. The van der Waals surface area contributed by atoms with Crippen molar-refractivity contribution in [1.29, 1.82) is 0 Å². The molecule has 3 heterocycles. The predicted molar refractivity (Wildman–Crippen MR) is 111 cm³/mol. The van der Waals surface area contributed by atoms with E-state index < -0.39 is 0 Å². The molecule has 2 aliphatic rings. The summed E-state index contributed by atoms with van der Waals surface area (Å²) in [6.45, 7) is 5.81. The molecule has 0 bridgehead atoms. The third-order valence-corrected chi connectivity index (χ3v) is 5.21. The number of aromatic nitrogens is 2. The second-order valence-corrected chi connectivity index (χ2v) is 6.94. The van der Waals surface area contributed by atoms with Crippen LogP contribution in [-0.2, 0) is 4.74 Å². The highest BCUT2D eigenvalue weighted by Crippen LogP contribution is 2.24. The lowest BCUT2D eigenvalue weighted by Crippen LogP contribution is -2.50. The minimum atomic E-state index is -0.120. The van der Waals surface area contributed by atoms with Crippen LogP contribution in [0.3, 0.4) is 0 Å². The van der Waals surface area contributed by atoms with Crippen LogP contribution in [-0.4, -0.2) is 80.5 Å². The molecule has 1 aromatic heterocycles. The Balaban J connectivity index is 1.35. The van der Waals surface area contributed by atoms with Crippen LogP contribution in [0, 0.1) is 0 Å². The summed E-state index contributed by atoms with van der Waals surface area (Å²) in [4.78, 5) is 27.7. The van der Waals surface area contributed by atoms with Crippen LogP contribution >= 0.6 is 0 Å². The van der Waals surface area contributed by atoms with E-state index in [1.165, 1.54) is 0 Å². The number of nitrogens with zero attached hydrogens (tertiary/aromatic N) is 5. The summed E-state index contributed by atoms with van der Waals surface area (Å²) in [5.74, 6) is 2.47. The summed E-state index contributed by atoms with van der Waals surface area (Å²) < 4.78 is 10.7. The van der Waals surface area contributed by atoms with Gasteiger partial charge in [-0.3, -0.25) is 0 Å². The summed E-state index contributed by atoms with van der Waals surface area (Å²) in [6, 6.07) is 9.31. The van der Waals surface area contributed by atoms with Gasteiger partial charge in [-0.15, -0.1) is 0 Å². The number of para-hydroxylation sites is 2. The lowest BCUT2D eigenvalue weighted by molar-refractivity contribution is 0.122. The molecule has 9 heteroatoms. The van der Waals surface area contributed by atoms with Gasteiger partial charge in [0, 0.05) is 45.3 Å². The molecule has 4 rings (SSSR count). The first-order chi connectivity index (χ1) is 14.2. The van der Waals surface area contributed by atoms with Gasteiger partial charge in [-0.25, -0.2) is 14.8 Å². The monoisotopic (exact) mass is 398 g/mol. The van der Waals surface area contributed by atoms with Gasteiger partial charge in [0.25, 0.3) is 0 Å². The Hall–Kier alpha value is -3.07. The van der Waals surface area contributed by atoms with Crippen LogP contribution in [0.1, 0.15) is 0 Å². The third kappa shape index (κ3) is 4.51. The molecule has 0 unspecified atom stereocenters. The molecule has 2 aromatic rings. The van der Waals surface area contributed by atoms with Crippen molar-refractivity contribution < 1.29 is 14.3 Å². The van der Waals surface area contributed by atoms with Crippen molar-refractivity contribution in [3.63, 3.8) is 0 Å². The molecule has 2 fully saturated rings. The maximum atomic E-state index is 12.6. The molecule has 0 spiro atoms. The molecule has 2 saturated heterocycles. The highest BCUT2D eigenvalue weighted by molar-refractivity contribution is 5.91. The molecule has 29 heavy (non-hydrogen) atoms. The number of amides is 2. The van der Waals surface area contributed by atoms with Crippen LogP contribution in [0.25, 0.3) is 0 Å². The summed E-state index contributed by atoms with van der Waals surface area (Å²) in [5.41, 5.74) is 0.674.